The molecule has 3 aromatic carbocycles. The molecule has 4 aromatic rings. The van der Waals surface area contributed by atoms with Crippen LogP contribution in [0.4, 0.5) is 5.82 Å². The van der Waals surface area contributed by atoms with Crippen LogP contribution in [0.25, 0.3) is 22.0 Å². The van der Waals surface area contributed by atoms with E-state index in [-0.39, 0.29) is 5.91 Å². The summed E-state index contributed by atoms with van der Waals surface area (Å²) in [5.41, 5.74) is 3.60. The lowest BCUT2D eigenvalue weighted by Gasteiger charge is -2.08. The van der Waals surface area contributed by atoms with Gasteiger partial charge in [0.1, 0.15) is 5.75 Å². The Morgan fingerprint density at radius 3 is 2.68 bits per heavy atom. The van der Waals surface area contributed by atoms with E-state index in [9.17, 15) is 4.79 Å². The van der Waals surface area contributed by atoms with E-state index in [2.05, 4.69) is 40.0 Å². The van der Waals surface area contributed by atoms with Crippen LogP contribution < -0.4 is 10.1 Å². The van der Waals surface area contributed by atoms with Gasteiger partial charge in [0.2, 0.25) is 0 Å². The van der Waals surface area contributed by atoms with Gasteiger partial charge < -0.3 is 10.1 Å². The standard InChI is InChI=1S/C22H19N3O2S/c1-27-19-9-5-3-8-17(19)22(26)23-21-16-12-11-14(13-18(16)24-25-21)15-7-4-6-10-20(15)28-2/h3-13H,1-2H3,(H2,23,24,25,26). The Labute approximate surface area is 167 Å². The fourth-order valence-electron chi connectivity index (χ4n) is 3.17. The summed E-state index contributed by atoms with van der Waals surface area (Å²) in [4.78, 5) is 13.9. The molecule has 0 saturated heterocycles. The van der Waals surface area contributed by atoms with Crippen LogP contribution >= 0.6 is 11.8 Å². The van der Waals surface area contributed by atoms with Crippen LogP contribution in [0, 0.1) is 0 Å². The number of benzene rings is 3. The Bertz CT molecular complexity index is 1150. The first-order valence-corrected chi connectivity index (χ1v) is 9.99. The molecule has 0 unspecified atom stereocenters. The third kappa shape index (κ3) is 3.34. The fourth-order valence-corrected chi connectivity index (χ4v) is 3.79. The SMILES string of the molecule is COc1ccccc1C(=O)Nc1n[nH]c2cc(-c3ccccc3SC)ccc12. The molecule has 1 amide bonds. The van der Waals surface area contributed by atoms with E-state index >= 15 is 0 Å². The largest absolute Gasteiger partial charge is 0.496 e. The average molecular weight is 389 g/mol. The summed E-state index contributed by atoms with van der Waals surface area (Å²) in [5.74, 6) is 0.758. The molecule has 1 heterocycles. The van der Waals surface area contributed by atoms with E-state index in [1.165, 1.54) is 10.5 Å². The third-order valence-corrected chi connectivity index (χ3v) is 5.36. The molecule has 0 spiro atoms. The first kappa shape index (κ1) is 18.1. The molecular weight excluding hydrogens is 370 g/mol. The number of H-pyrrole nitrogens is 1. The molecule has 0 saturated carbocycles. The lowest BCUT2D eigenvalue weighted by atomic mass is 10.0. The number of hydrogen-bond donors (Lipinski definition) is 2. The molecular formula is C22H19N3O2S. The second kappa shape index (κ2) is 7.78. The number of rotatable bonds is 5. The first-order valence-electron chi connectivity index (χ1n) is 8.77. The molecule has 0 atom stereocenters. The topological polar surface area (TPSA) is 67.0 Å². The molecule has 2 N–H and O–H groups in total. The van der Waals surface area contributed by atoms with Gasteiger partial charge in [0.05, 0.1) is 18.2 Å². The zero-order valence-corrected chi connectivity index (χ0v) is 16.3. The number of carbonyl (C=O) groups excluding carboxylic acids is 1. The van der Waals surface area contributed by atoms with Crippen molar-refractivity contribution in [1.29, 1.82) is 0 Å². The van der Waals surface area contributed by atoms with Crippen molar-refractivity contribution in [3.05, 3.63) is 72.3 Å². The minimum atomic E-state index is -0.261. The zero-order valence-electron chi connectivity index (χ0n) is 15.5. The van der Waals surface area contributed by atoms with Crippen LogP contribution in [0.5, 0.6) is 5.75 Å². The van der Waals surface area contributed by atoms with Crippen LogP contribution in [0.2, 0.25) is 0 Å². The van der Waals surface area contributed by atoms with Crippen molar-refractivity contribution < 1.29 is 9.53 Å². The maximum atomic E-state index is 12.7. The van der Waals surface area contributed by atoms with Crippen LogP contribution in [0.15, 0.2) is 71.6 Å². The van der Waals surface area contributed by atoms with Gasteiger partial charge in [0, 0.05) is 10.3 Å². The van der Waals surface area contributed by atoms with E-state index in [0.29, 0.717) is 17.1 Å². The van der Waals surface area contributed by atoms with E-state index in [0.717, 1.165) is 16.5 Å². The molecule has 0 bridgehead atoms. The number of nitrogens with one attached hydrogen (secondary N) is 2. The Balaban J connectivity index is 1.66. The predicted molar refractivity (Wildman–Crippen MR) is 114 cm³/mol. The third-order valence-electron chi connectivity index (χ3n) is 4.56. The number of amides is 1. The van der Waals surface area contributed by atoms with Crippen LogP contribution in [-0.4, -0.2) is 29.5 Å². The maximum absolute atomic E-state index is 12.7. The normalized spacial score (nSPS) is 10.8. The van der Waals surface area contributed by atoms with Gasteiger partial charge >= 0.3 is 0 Å². The smallest absolute Gasteiger partial charge is 0.260 e. The van der Waals surface area contributed by atoms with Crippen molar-refractivity contribution in [1.82, 2.24) is 10.2 Å². The summed E-state index contributed by atoms with van der Waals surface area (Å²) >= 11 is 1.72. The van der Waals surface area contributed by atoms with Crippen molar-refractivity contribution >= 4 is 34.4 Å². The number of ether oxygens (including phenoxy) is 1. The number of carbonyl (C=O) groups is 1. The van der Waals surface area contributed by atoms with E-state index in [1.54, 1.807) is 37.1 Å². The van der Waals surface area contributed by atoms with E-state index in [1.807, 2.05) is 30.3 Å². The van der Waals surface area contributed by atoms with Crippen molar-refractivity contribution in [2.45, 2.75) is 4.90 Å². The number of nitrogens with zero attached hydrogens (tertiary/aromatic N) is 1. The number of methoxy groups -OCH3 is 1. The Morgan fingerprint density at radius 2 is 1.86 bits per heavy atom. The van der Waals surface area contributed by atoms with Gasteiger partial charge in [0.25, 0.3) is 5.91 Å². The van der Waals surface area contributed by atoms with Gasteiger partial charge in [0.15, 0.2) is 5.82 Å². The number of aromatic nitrogens is 2. The van der Waals surface area contributed by atoms with Gasteiger partial charge in [-0.25, -0.2) is 0 Å². The molecule has 140 valence electrons. The van der Waals surface area contributed by atoms with Crippen molar-refractivity contribution in [2.75, 3.05) is 18.7 Å². The van der Waals surface area contributed by atoms with E-state index < -0.39 is 0 Å². The highest BCUT2D eigenvalue weighted by Gasteiger charge is 2.15. The van der Waals surface area contributed by atoms with Crippen LogP contribution in [-0.2, 0) is 0 Å². The Kier molecular flexibility index (Phi) is 5.04. The molecule has 0 aliphatic rings. The summed E-state index contributed by atoms with van der Waals surface area (Å²) in [6, 6.07) is 21.5. The van der Waals surface area contributed by atoms with Crippen molar-refractivity contribution in [3.8, 4) is 16.9 Å². The molecule has 6 heteroatoms. The Morgan fingerprint density at radius 1 is 1.07 bits per heavy atom. The maximum Gasteiger partial charge on any atom is 0.260 e. The van der Waals surface area contributed by atoms with Crippen molar-refractivity contribution in [2.24, 2.45) is 0 Å². The minimum Gasteiger partial charge on any atom is -0.496 e. The lowest BCUT2D eigenvalue weighted by Crippen LogP contribution is -2.13. The monoisotopic (exact) mass is 389 g/mol. The summed E-state index contributed by atoms with van der Waals surface area (Å²) in [6.07, 6.45) is 2.07. The van der Waals surface area contributed by atoms with Gasteiger partial charge in [-0.3, -0.25) is 9.89 Å². The molecule has 0 fully saturated rings. The van der Waals surface area contributed by atoms with Crippen LogP contribution in [0.3, 0.4) is 0 Å². The number of hydrogen-bond acceptors (Lipinski definition) is 4. The first-order chi connectivity index (χ1) is 13.7. The second-order valence-corrected chi connectivity index (χ2v) is 7.04. The Hall–Kier alpha value is -3.25. The number of anilines is 1. The van der Waals surface area contributed by atoms with Crippen molar-refractivity contribution in [3.63, 3.8) is 0 Å². The zero-order chi connectivity index (χ0) is 19.5. The van der Waals surface area contributed by atoms with Gasteiger partial charge in [-0.1, -0.05) is 36.4 Å². The highest BCUT2D eigenvalue weighted by molar-refractivity contribution is 7.98. The molecule has 0 aliphatic heterocycles. The number of thioether (sulfide) groups is 1. The molecule has 5 nitrogen and oxygen atoms in total. The van der Waals surface area contributed by atoms with Gasteiger partial charge in [-0.15, -0.1) is 11.8 Å². The summed E-state index contributed by atoms with van der Waals surface area (Å²) in [6.45, 7) is 0. The minimum absolute atomic E-state index is 0.261. The summed E-state index contributed by atoms with van der Waals surface area (Å²) in [7, 11) is 1.55. The molecule has 0 radical (unpaired) electrons. The van der Waals surface area contributed by atoms with Crippen LogP contribution in [0.1, 0.15) is 10.4 Å². The number of fused-ring (bicyclic) bond motifs is 1. The molecule has 0 aliphatic carbocycles. The molecule has 4 rings (SSSR count). The summed E-state index contributed by atoms with van der Waals surface area (Å²) < 4.78 is 5.27. The van der Waals surface area contributed by atoms with E-state index in [4.69, 9.17) is 4.74 Å². The highest BCUT2D eigenvalue weighted by Crippen LogP contribution is 2.33. The quantitative estimate of drug-likeness (QED) is 0.460. The molecule has 1 aromatic heterocycles. The average Bonchev–Trinajstić information content (AvgIpc) is 3.15. The predicted octanol–water partition coefficient (Wildman–Crippen LogP) is 5.21. The lowest BCUT2D eigenvalue weighted by molar-refractivity contribution is 0.102. The summed E-state index contributed by atoms with van der Waals surface area (Å²) in [5, 5.41) is 11.0. The highest BCUT2D eigenvalue weighted by atomic mass is 32.2. The fraction of sp³-hybridized carbons (Fsp3) is 0.0909. The van der Waals surface area contributed by atoms with Gasteiger partial charge in [-0.2, -0.15) is 5.10 Å². The second-order valence-electron chi connectivity index (χ2n) is 6.19. The number of para-hydroxylation sites is 1. The molecule has 28 heavy (non-hydrogen) atoms. The number of aromatic amines is 1. The van der Waals surface area contributed by atoms with Gasteiger partial charge in [-0.05, 0) is 47.7 Å².